The predicted molar refractivity (Wildman–Crippen MR) is 146 cm³/mol. The van der Waals surface area contributed by atoms with Crippen LogP contribution in [0.3, 0.4) is 0 Å². The van der Waals surface area contributed by atoms with Crippen LogP contribution >= 0.6 is 0 Å². The summed E-state index contributed by atoms with van der Waals surface area (Å²) in [5.74, 6) is 2.19. The van der Waals surface area contributed by atoms with E-state index in [1.807, 2.05) is 0 Å². The van der Waals surface area contributed by atoms with Crippen LogP contribution in [0.25, 0.3) is 11.1 Å². The summed E-state index contributed by atoms with van der Waals surface area (Å²) in [5.41, 5.74) is 7.37. The molecule has 6 rings (SSSR count). The molecule has 0 radical (unpaired) electrons. The molecule has 3 aromatic rings. The van der Waals surface area contributed by atoms with E-state index in [9.17, 15) is 0 Å². The van der Waals surface area contributed by atoms with Crippen LogP contribution < -0.4 is 9.47 Å². The Balaban J connectivity index is 1.31. The van der Waals surface area contributed by atoms with Gasteiger partial charge in [-0.25, -0.2) is 9.37 Å². The quantitative estimate of drug-likeness (QED) is 0.341. The highest BCUT2D eigenvalue weighted by atomic mass is 19.1. The third-order valence-electron chi connectivity index (χ3n) is 9.91. The summed E-state index contributed by atoms with van der Waals surface area (Å²) in [7, 11) is 1.57. The van der Waals surface area contributed by atoms with Gasteiger partial charge in [0.1, 0.15) is 18.2 Å². The fraction of sp³-hybridized carbons (Fsp3) is 0.485. The van der Waals surface area contributed by atoms with Crippen molar-refractivity contribution in [3.8, 4) is 22.8 Å². The van der Waals surface area contributed by atoms with Crippen LogP contribution in [0.15, 0.2) is 48.7 Å². The standard InChI is InChI=1S/C33H38FNO2/c1-21-11-14-33(21)15-12-23-8-9-24(17-29(23)33)37-20-22-7-10-25(27-18-31(36-4)35-19-30(27)34)26(16-22)28-6-5-13-32(28,2)3/h7-10,16-19,21,28H,5-6,11-15,20H2,1-4H3/t21-,28+,33+/m1/s1. The van der Waals surface area contributed by atoms with Gasteiger partial charge in [0.15, 0.2) is 0 Å². The van der Waals surface area contributed by atoms with Crippen LogP contribution in [0.1, 0.15) is 87.5 Å². The van der Waals surface area contributed by atoms with E-state index in [1.165, 1.54) is 61.4 Å². The smallest absolute Gasteiger partial charge is 0.213 e. The average molecular weight is 500 g/mol. The molecule has 0 amide bonds. The molecule has 0 aliphatic heterocycles. The number of benzene rings is 2. The van der Waals surface area contributed by atoms with Gasteiger partial charge in [0.2, 0.25) is 5.88 Å². The first-order valence-electron chi connectivity index (χ1n) is 13.9. The van der Waals surface area contributed by atoms with Crippen LogP contribution in [0.4, 0.5) is 4.39 Å². The highest BCUT2D eigenvalue weighted by Gasteiger charge is 2.49. The van der Waals surface area contributed by atoms with E-state index in [-0.39, 0.29) is 11.2 Å². The lowest BCUT2D eigenvalue weighted by atomic mass is 9.58. The Labute approximate surface area is 220 Å². The number of ether oxygens (including phenoxy) is 2. The molecule has 1 aromatic heterocycles. The monoisotopic (exact) mass is 499 g/mol. The molecule has 3 nitrogen and oxygen atoms in total. The van der Waals surface area contributed by atoms with E-state index in [0.29, 0.717) is 29.4 Å². The summed E-state index contributed by atoms with van der Waals surface area (Å²) >= 11 is 0. The summed E-state index contributed by atoms with van der Waals surface area (Å²) in [4.78, 5) is 4.05. The van der Waals surface area contributed by atoms with E-state index in [4.69, 9.17) is 9.47 Å². The SMILES string of the molecule is COc1cc(-c2ccc(COc3ccc4c(c3)[C@]3(CC4)CC[C@H]3C)cc2[C@@H]2CCCC2(C)C)c(F)cn1. The van der Waals surface area contributed by atoms with Gasteiger partial charge in [-0.3, -0.25) is 0 Å². The molecule has 0 unspecified atom stereocenters. The van der Waals surface area contributed by atoms with Crippen LogP contribution in [0, 0.1) is 17.2 Å². The normalized spacial score (nSPS) is 25.6. The largest absolute Gasteiger partial charge is 0.489 e. The molecule has 3 aliphatic rings. The lowest BCUT2D eigenvalue weighted by molar-refractivity contribution is 0.138. The molecule has 37 heavy (non-hydrogen) atoms. The Morgan fingerprint density at radius 2 is 1.86 bits per heavy atom. The summed E-state index contributed by atoms with van der Waals surface area (Å²) < 4.78 is 26.7. The van der Waals surface area contributed by atoms with Crippen molar-refractivity contribution in [1.82, 2.24) is 4.98 Å². The van der Waals surface area contributed by atoms with Crippen LogP contribution in [0.2, 0.25) is 0 Å². The van der Waals surface area contributed by atoms with E-state index in [1.54, 1.807) is 13.2 Å². The Morgan fingerprint density at radius 1 is 1.00 bits per heavy atom. The predicted octanol–water partition coefficient (Wildman–Crippen LogP) is 8.38. The molecule has 1 spiro atoms. The maximum atomic E-state index is 15.0. The Morgan fingerprint density at radius 3 is 2.57 bits per heavy atom. The first-order chi connectivity index (χ1) is 17.8. The molecule has 2 aromatic carbocycles. The number of hydrogen-bond donors (Lipinski definition) is 0. The van der Waals surface area contributed by atoms with Crippen molar-refractivity contribution < 1.29 is 13.9 Å². The number of aryl methyl sites for hydroxylation is 1. The zero-order chi connectivity index (χ0) is 25.8. The van der Waals surface area contributed by atoms with Crippen molar-refractivity contribution >= 4 is 0 Å². The average Bonchev–Trinajstić information content (AvgIpc) is 3.47. The maximum absolute atomic E-state index is 15.0. The molecular weight excluding hydrogens is 461 g/mol. The molecule has 0 bridgehead atoms. The molecular formula is C33H38FNO2. The zero-order valence-electron chi connectivity index (χ0n) is 22.6. The van der Waals surface area contributed by atoms with Gasteiger partial charge in [0, 0.05) is 11.6 Å². The van der Waals surface area contributed by atoms with Gasteiger partial charge >= 0.3 is 0 Å². The van der Waals surface area contributed by atoms with Gasteiger partial charge in [0.25, 0.3) is 0 Å². The summed E-state index contributed by atoms with van der Waals surface area (Å²) in [6.07, 6.45) is 9.86. The summed E-state index contributed by atoms with van der Waals surface area (Å²) in [6, 6.07) is 14.8. The highest BCUT2D eigenvalue weighted by Crippen LogP contribution is 2.56. The highest BCUT2D eigenvalue weighted by molar-refractivity contribution is 5.70. The second-order valence-electron chi connectivity index (χ2n) is 12.3. The Bertz CT molecular complexity index is 1330. The van der Waals surface area contributed by atoms with Crippen molar-refractivity contribution in [3.63, 3.8) is 0 Å². The molecule has 3 atom stereocenters. The number of rotatable bonds is 6. The second-order valence-corrected chi connectivity index (χ2v) is 12.3. The van der Waals surface area contributed by atoms with Crippen LogP contribution in [0.5, 0.6) is 11.6 Å². The number of hydrogen-bond acceptors (Lipinski definition) is 3. The summed E-state index contributed by atoms with van der Waals surface area (Å²) in [6.45, 7) is 7.58. The number of pyridine rings is 1. The van der Waals surface area contributed by atoms with Crippen molar-refractivity contribution in [2.75, 3.05) is 7.11 Å². The third kappa shape index (κ3) is 4.13. The van der Waals surface area contributed by atoms with Gasteiger partial charge in [-0.2, -0.15) is 0 Å². The number of nitrogens with zero attached hydrogens (tertiary/aromatic N) is 1. The fourth-order valence-corrected chi connectivity index (χ4v) is 7.42. The minimum atomic E-state index is -0.320. The number of aromatic nitrogens is 1. The minimum Gasteiger partial charge on any atom is -0.489 e. The molecule has 2 saturated carbocycles. The van der Waals surface area contributed by atoms with Crippen molar-refractivity contribution in [2.45, 2.75) is 83.7 Å². The van der Waals surface area contributed by atoms with E-state index >= 15 is 4.39 Å². The van der Waals surface area contributed by atoms with Gasteiger partial charge in [-0.15, -0.1) is 0 Å². The maximum Gasteiger partial charge on any atom is 0.213 e. The van der Waals surface area contributed by atoms with Crippen molar-refractivity contribution in [3.05, 3.63) is 76.7 Å². The number of halogens is 1. The molecule has 3 aliphatic carbocycles. The number of methoxy groups -OCH3 is 1. The van der Waals surface area contributed by atoms with Gasteiger partial charge in [0.05, 0.1) is 13.3 Å². The molecule has 1 heterocycles. The second kappa shape index (κ2) is 9.15. The molecule has 4 heteroatoms. The van der Waals surface area contributed by atoms with Gasteiger partial charge in [-0.1, -0.05) is 51.5 Å². The fourth-order valence-electron chi connectivity index (χ4n) is 7.42. The Hall–Kier alpha value is -2.88. The van der Waals surface area contributed by atoms with Crippen LogP contribution in [-0.2, 0) is 18.4 Å². The van der Waals surface area contributed by atoms with E-state index in [2.05, 4.69) is 62.2 Å². The lowest BCUT2D eigenvalue weighted by Crippen LogP contribution is -2.40. The Kier molecular flexibility index (Phi) is 6.05. The van der Waals surface area contributed by atoms with Gasteiger partial charge < -0.3 is 9.47 Å². The summed E-state index contributed by atoms with van der Waals surface area (Å²) in [5, 5.41) is 0. The topological polar surface area (TPSA) is 31.4 Å². The zero-order valence-corrected chi connectivity index (χ0v) is 22.6. The molecule has 0 saturated heterocycles. The minimum absolute atomic E-state index is 0.162. The van der Waals surface area contributed by atoms with Gasteiger partial charge in [-0.05, 0) is 101 Å². The third-order valence-corrected chi connectivity index (χ3v) is 9.91. The van der Waals surface area contributed by atoms with Crippen molar-refractivity contribution in [2.24, 2.45) is 11.3 Å². The molecule has 2 fully saturated rings. The van der Waals surface area contributed by atoms with Crippen molar-refractivity contribution in [1.29, 1.82) is 0 Å². The van der Waals surface area contributed by atoms with E-state index in [0.717, 1.165) is 29.2 Å². The molecule has 194 valence electrons. The van der Waals surface area contributed by atoms with E-state index < -0.39 is 0 Å². The first-order valence-corrected chi connectivity index (χ1v) is 13.9. The lowest BCUT2D eigenvalue weighted by Gasteiger charge is -2.46. The molecule has 0 N–H and O–H groups in total. The van der Waals surface area contributed by atoms with Crippen LogP contribution in [-0.4, -0.2) is 12.1 Å². The first kappa shape index (κ1) is 24.5. The number of fused-ring (bicyclic) bond motifs is 2.